The molecule has 1 aliphatic rings. The summed E-state index contributed by atoms with van der Waals surface area (Å²) in [5, 5.41) is 0. The zero-order chi connectivity index (χ0) is 13.5. The molecule has 2 rings (SSSR count). The van der Waals surface area contributed by atoms with Crippen LogP contribution in [0.2, 0.25) is 0 Å². The first kappa shape index (κ1) is 14.6. The summed E-state index contributed by atoms with van der Waals surface area (Å²) < 4.78 is 0. The predicted molar refractivity (Wildman–Crippen MR) is 83.5 cm³/mol. The highest BCUT2D eigenvalue weighted by atomic mass is 14.7. The molecule has 106 valence electrons. The zero-order valence-corrected chi connectivity index (χ0v) is 12.4. The Morgan fingerprint density at radius 2 is 1.95 bits per heavy atom. The van der Waals surface area contributed by atoms with Crippen LogP contribution in [0.25, 0.3) is 0 Å². The Bertz CT molecular complexity index is 372. The van der Waals surface area contributed by atoms with Gasteiger partial charge in [0.05, 0.1) is 0 Å². The third-order valence-electron chi connectivity index (χ3n) is 4.57. The molecule has 0 bridgehead atoms. The van der Waals surface area contributed by atoms with Crippen LogP contribution in [0.4, 0.5) is 0 Å². The van der Waals surface area contributed by atoms with E-state index in [0.29, 0.717) is 12.0 Å². The van der Waals surface area contributed by atoms with Crippen molar-refractivity contribution in [3.8, 4) is 0 Å². The maximum atomic E-state index is 6.48. The molecule has 0 amide bonds. The van der Waals surface area contributed by atoms with Gasteiger partial charge in [-0.25, -0.2) is 0 Å². The normalized spacial score (nSPS) is 20.0. The van der Waals surface area contributed by atoms with Crippen LogP contribution in [0.5, 0.6) is 0 Å². The van der Waals surface area contributed by atoms with Gasteiger partial charge >= 0.3 is 0 Å². The van der Waals surface area contributed by atoms with E-state index in [-0.39, 0.29) is 0 Å². The topological polar surface area (TPSA) is 26.0 Å². The molecule has 1 aromatic rings. The Labute approximate surface area is 118 Å². The average molecular weight is 259 g/mol. The first-order chi connectivity index (χ1) is 9.33. The number of hydrogen-bond donors (Lipinski definition) is 1. The third-order valence-corrected chi connectivity index (χ3v) is 4.57. The van der Waals surface area contributed by atoms with Gasteiger partial charge in [-0.2, -0.15) is 0 Å². The smallest absolute Gasteiger partial charge is 0.0108 e. The zero-order valence-electron chi connectivity index (χ0n) is 12.4. The second-order valence-corrected chi connectivity index (χ2v) is 6.06. The van der Waals surface area contributed by atoms with Crippen molar-refractivity contribution in [3.05, 3.63) is 35.4 Å². The van der Waals surface area contributed by atoms with E-state index in [1.54, 1.807) is 5.56 Å². The number of benzene rings is 1. The van der Waals surface area contributed by atoms with Crippen molar-refractivity contribution in [1.82, 2.24) is 0 Å². The van der Waals surface area contributed by atoms with Crippen molar-refractivity contribution >= 4 is 0 Å². The summed E-state index contributed by atoms with van der Waals surface area (Å²) >= 11 is 0. The molecule has 19 heavy (non-hydrogen) atoms. The molecular weight excluding hydrogens is 230 g/mol. The number of nitrogens with two attached hydrogens (primary N) is 1. The first-order valence-electron chi connectivity index (χ1n) is 8.16. The second kappa shape index (κ2) is 7.69. The molecule has 1 nitrogen and oxygen atoms in total. The lowest BCUT2D eigenvalue weighted by Crippen LogP contribution is -2.30. The van der Waals surface area contributed by atoms with Gasteiger partial charge < -0.3 is 5.73 Å². The fourth-order valence-electron chi connectivity index (χ4n) is 3.42. The number of aryl methyl sites for hydroxylation is 1. The van der Waals surface area contributed by atoms with Gasteiger partial charge in [0, 0.05) is 6.04 Å². The minimum Gasteiger partial charge on any atom is -0.327 e. The number of rotatable bonds is 7. The summed E-state index contributed by atoms with van der Waals surface area (Å²) in [5.41, 5.74) is 9.56. The molecule has 0 saturated carbocycles. The van der Waals surface area contributed by atoms with Gasteiger partial charge in [0.25, 0.3) is 0 Å². The average Bonchev–Trinajstić information content (AvgIpc) is 2.46. The van der Waals surface area contributed by atoms with Crippen LogP contribution in [0, 0.1) is 0 Å². The van der Waals surface area contributed by atoms with Crippen LogP contribution in [0.3, 0.4) is 0 Å². The molecule has 1 aliphatic carbocycles. The molecule has 2 N–H and O–H groups in total. The summed E-state index contributed by atoms with van der Waals surface area (Å²) in [4.78, 5) is 0. The lowest BCUT2D eigenvalue weighted by Gasteiger charge is -2.30. The van der Waals surface area contributed by atoms with E-state index < -0.39 is 0 Å². The second-order valence-electron chi connectivity index (χ2n) is 6.06. The van der Waals surface area contributed by atoms with Crippen LogP contribution < -0.4 is 5.73 Å². The molecule has 2 unspecified atom stereocenters. The minimum absolute atomic E-state index is 0.364. The Morgan fingerprint density at radius 1 is 1.16 bits per heavy atom. The summed E-state index contributed by atoms with van der Waals surface area (Å²) in [7, 11) is 0. The van der Waals surface area contributed by atoms with Gasteiger partial charge in [-0.15, -0.1) is 0 Å². The molecule has 0 spiro atoms. The van der Waals surface area contributed by atoms with Crippen LogP contribution in [0.15, 0.2) is 24.3 Å². The summed E-state index contributed by atoms with van der Waals surface area (Å²) in [5.74, 6) is 0.608. The highest BCUT2D eigenvalue weighted by Gasteiger charge is 2.24. The molecule has 1 aromatic carbocycles. The van der Waals surface area contributed by atoms with E-state index in [1.165, 1.54) is 63.4 Å². The molecule has 0 heterocycles. The minimum atomic E-state index is 0.364. The molecule has 0 radical (unpaired) electrons. The number of unbranched alkanes of at least 4 members (excludes halogenated alkanes) is 4. The van der Waals surface area contributed by atoms with E-state index in [0.717, 1.165) is 0 Å². The fraction of sp³-hybridized carbons (Fsp3) is 0.667. The maximum Gasteiger partial charge on any atom is 0.0108 e. The van der Waals surface area contributed by atoms with E-state index in [2.05, 4.69) is 31.2 Å². The standard InChI is InChI=1S/C18H29N/c1-2-3-4-5-6-14-18(19)17-13-9-11-15-10-7-8-12-16(15)17/h7-8,10,12,17-18H,2-6,9,11,13-14,19H2,1H3. The van der Waals surface area contributed by atoms with Crippen molar-refractivity contribution in [1.29, 1.82) is 0 Å². The number of hydrogen-bond acceptors (Lipinski definition) is 1. The lowest BCUT2D eigenvalue weighted by molar-refractivity contribution is 0.425. The van der Waals surface area contributed by atoms with Gasteiger partial charge in [0.2, 0.25) is 0 Å². The third kappa shape index (κ3) is 4.07. The monoisotopic (exact) mass is 259 g/mol. The molecule has 2 atom stereocenters. The highest BCUT2D eigenvalue weighted by molar-refractivity contribution is 5.33. The van der Waals surface area contributed by atoms with Crippen LogP contribution >= 0.6 is 0 Å². The summed E-state index contributed by atoms with van der Waals surface area (Å²) in [6.45, 7) is 2.27. The van der Waals surface area contributed by atoms with Crippen LogP contribution in [-0.2, 0) is 6.42 Å². The van der Waals surface area contributed by atoms with Crippen molar-refractivity contribution in [2.45, 2.75) is 76.7 Å². The summed E-state index contributed by atoms with van der Waals surface area (Å²) in [6.07, 6.45) is 11.8. The van der Waals surface area contributed by atoms with E-state index in [1.807, 2.05) is 0 Å². The van der Waals surface area contributed by atoms with E-state index in [9.17, 15) is 0 Å². The van der Waals surface area contributed by atoms with Gasteiger partial charge in [-0.05, 0) is 42.7 Å². The van der Waals surface area contributed by atoms with Crippen LogP contribution in [0.1, 0.15) is 75.3 Å². The maximum absolute atomic E-state index is 6.48. The van der Waals surface area contributed by atoms with Gasteiger partial charge in [0.1, 0.15) is 0 Å². The van der Waals surface area contributed by atoms with Crippen molar-refractivity contribution in [2.75, 3.05) is 0 Å². The van der Waals surface area contributed by atoms with E-state index in [4.69, 9.17) is 5.73 Å². The largest absolute Gasteiger partial charge is 0.327 e. The fourth-order valence-corrected chi connectivity index (χ4v) is 3.42. The van der Waals surface area contributed by atoms with Crippen LogP contribution in [-0.4, -0.2) is 6.04 Å². The molecule has 0 aromatic heterocycles. The molecular formula is C18H29N. The Morgan fingerprint density at radius 3 is 2.79 bits per heavy atom. The SMILES string of the molecule is CCCCCCCC(N)C1CCCc2ccccc21. The number of fused-ring (bicyclic) bond motifs is 1. The van der Waals surface area contributed by atoms with Gasteiger partial charge in [0.15, 0.2) is 0 Å². The summed E-state index contributed by atoms with van der Waals surface area (Å²) in [6, 6.07) is 9.29. The molecule has 0 aliphatic heterocycles. The molecule has 0 saturated heterocycles. The van der Waals surface area contributed by atoms with Gasteiger partial charge in [-0.3, -0.25) is 0 Å². The van der Waals surface area contributed by atoms with Crippen molar-refractivity contribution < 1.29 is 0 Å². The van der Waals surface area contributed by atoms with Crippen molar-refractivity contribution in [2.24, 2.45) is 5.73 Å². The first-order valence-corrected chi connectivity index (χ1v) is 8.16. The molecule has 0 fully saturated rings. The Hall–Kier alpha value is -0.820. The molecule has 1 heteroatoms. The Kier molecular flexibility index (Phi) is 5.91. The highest BCUT2D eigenvalue weighted by Crippen LogP contribution is 2.34. The van der Waals surface area contributed by atoms with Gasteiger partial charge in [-0.1, -0.05) is 63.3 Å². The van der Waals surface area contributed by atoms with E-state index >= 15 is 0 Å². The predicted octanol–water partition coefficient (Wildman–Crippen LogP) is 4.79. The lowest BCUT2D eigenvalue weighted by atomic mass is 9.78. The van der Waals surface area contributed by atoms with Crippen molar-refractivity contribution in [3.63, 3.8) is 0 Å². The Balaban J connectivity index is 1.84. The quantitative estimate of drug-likeness (QED) is 0.700.